The quantitative estimate of drug-likeness (QED) is 0.792. The van der Waals surface area contributed by atoms with Crippen molar-refractivity contribution in [2.24, 2.45) is 0 Å². The molecule has 1 saturated carbocycles. The zero-order valence-electron chi connectivity index (χ0n) is 14.1. The number of phenols is 1. The molecule has 4 atom stereocenters. The lowest BCUT2D eigenvalue weighted by Crippen LogP contribution is -2.69. The standard InChI is InChI=1S/C18H25NO4/c1-5-17-14-10(2)6-7-12(20)15(14)23-16(17)13(21)8-9-18(17,22)11(3)19-4/h6-7,11,16,19-20,22H,5,8-9H2,1-4H3. The Hall–Kier alpha value is -1.59. The molecular formula is C18H25NO4. The number of nitrogens with one attached hydrogen (secondary N) is 1. The van der Waals surface area contributed by atoms with Crippen molar-refractivity contribution >= 4 is 5.78 Å². The summed E-state index contributed by atoms with van der Waals surface area (Å²) in [6.45, 7) is 5.84. The minimum Gasteiger partial charge on any atom is -0.504 e. The van der Waals surface area contributed by atoms with Gasteiger partial charge in [-0.2, -0.15) is 0 Å². The van der Waals surface area contributed by atoms with Gasteiger partial charge in [0.15, 0.2) is 23.4 Å². The summed E-state index contributed by atoms with van der Waals surface area (Å²) in [4.78, 5) is 12.6. The van der Waals surface area contributed by atoms with E-state index in [1.54, 1.807) is 6.07 Å². The lowest BCUT2D eigenvalue weighted by Gasteiger charge is -2.53. The first-order chi connectivity index (χ1) is 10.8. The first kappa shape index (κ1) is 16.3. The third kappa shape index (κ3) is 1.83. The number of Topliss-reactive ketones (excluding diaryl/α,β-unsaturated/α-hetero) is 1. The Morgan fingerprint density at radius 2 is 2.17 bits per heavy atom. The van der Waals surface area contributed by atoms with Gasteiger partial charge in [0.2, 0.25) is 0 Å². The van der Waals surface area contributed by atoms with E-state index in [4.69, 9.17) is 4.74 Å². The van der Waals surface area contributed by atoms with Crippen molar-refractivity contribution in [2.45, 2.75) is 63.2 Å². The Morgan fingerprint density at radius 3 is 2.78 bits per heavy atom. The number of hydrogen-bond donors (Lipinski definition) is 3. The number of aromatic hydroxyl groups is 1. The highest BCUT2D eigenvalue weighted by atomic mass is 16.5. The number of ether oxygens (including phenoxy) is 1. The molecule has 126 valence electrons. The number of carbonyl (C=O) groups is 1. The molecule has 1 aliphatic heterocycles. The fraction of sp³-hybridized carbons (Fsp3) is 0.611. The van der Waals surface area contributed by atoms with Gasteiger partial charge in [-0.25, -0.2) is 0 Å². The van der Waals surface area contributed by atoms with Crippen LogP contribution < -0.4 is 10.1 Å². The van der Waals surface area contributed by atoms with E-state index < -0.39 is 17.1 Å². The maximum atomic E-state index is 12.6. The van der Waals surface area contributed by atoms with Crippen LogP contribution in [0.4, 0.5) is 0 Å². The average molecular weight is 319 g/mol. The van der Waals surface area contributed by atoms with Gasteiger partial charge in [0.1, 0.15) is 0 Å². The molecule has 2 aliphatic rings. The Labute approximate surface area is 136 Å². The molecule has 1 aliphatic carbocycles. The lowest BCUT2D eigenvalue weighted by atomic mass is 9.54. The molecule has 1 fully saturated rings. The van der Waals surface area contributed by atoms with Gasteiger partial charge in [0.05, 0.1) is 11.0 Å². The second-order valence-electron chi connectivity index (χ2n) is 6.83. The Kier molecular flexibility index (Phi) is 3.69. The van der Waals surface area contributed by atoms with Gasteiger partial charge in [0, 0.05) is 18.0 Å². The number of carbonyl (C=O) groups excluding carboxylic acids is 1. The molecule has 0 amide bonds. The van der Waals surface area contributed by atoms with Crippen molar-refractivity contribution in [2.75, 3.05) is 7.05 Å². The predicted molar refractivity (Wildman–Crippen MR) is 86.9 cm³/mol. The maximum absolute atomic E-state index is 12.6. The first-order valence-corrected chi connectivity index (χ1v) is 8.25. The molecule has 3 N–H and O–H groups in total. The smallest absolute Gasteiger partial charge is 0.174 e. The predicted octanol–water partition coefficient (Wildman–Crippen LogP) is 1.81. The maximum Gasteiger partial charge on any atom is 0.174 e. The van der Waals surface area contributed by atoms with Crippen LogP contribution in [0.15, 0.2) is 12.1 Å². The monoisotopic (exact) mass is 319 g/mol. The fourth-order valence-electron chi connectivity index (χ4n) is 4.66. The molecule has 4 unspecified atom stereocenters. The number of likely N-dealkylation sites (N-methyl/N-ethyl adjacent to an activating group) is 1. The normalized spacial score (nSPS) is 33.8. The molecule has 0 bridgehead atoms. The van der Waals surface area contributed by atoms with Crippen LogP contribution in [0.25, 0.3) is 0 Å². The summed E-state index contributed by atoms with van der Waals surface area (Å²) in [5.74, 6) is 0.378. The van der Waals surface area contributed by atoms with E-state index in [0.717, 1.165) is 11.1 Å². The van der Waals surface area contributed by atoms with Crippen LogP contribution in [-0.4, -0.2) is 40.8 Å². The summed E-state index contributed by atoms with van der Waals surface area (Å²) in [6, 6.07) is 3.19. The van der Waals surface area contributed by atoms with Gasteiger partial charge in [0.25, 0.3) is 0 Å². The number of rotatable bonds is 3. The molecule has 0 saturated heterocycles. The number of fused-ring (bicyclic) bond motifs is 3. The van der Waals surface area contributed by atoms with Gasteiger partial charge >= 0.3 is 0 Å². The number of hydrogen-bond acceptors (Lipinski definition) is 5. The van der Waals surface area contributed by atoms with Crippen LogP contribution in [0.5, 0.6) is 11.5 Å². The Balaban J connectivity index is 2.33. The lowest BCUT2D eigenvalue weighted by molar-refractivity contribution is -0.155. The topological polar surface area (TPSA) is 78.8 Å². The van der Waals surface area contributed by atoms with E-state index >= 15 is 0 Å². The van der Waals surface area contributed by atoms with E-state index in [-0.39, 0.29) is 24.0 Å². The van der Waals surface area contributed by atoms with Crippen molar-refractivity contribution in [3.8, 4) is 11.5 Å². The van der Waals surface area contributed by atoms with Gasteiger partial charge in [-0.1, -0.05) is 13.0 Å². The molecule has 0 radical (unpaired) electrons. The number of aliphatic hydroxyl groups is 1. The van der Waals surface area contributed by atoms with Gasteiger partial charge in [-0.15, -0.1) is 0 Å². The average Bonchev–Trinajstić information content (AvgIpc) is 2.93. The summed E-state index contributed by atoms with van der Waals surface area (Å²) in [6.07, 6.45) is 0.478. The van der Waals surface area contributed by atoms with E-state index in [1.807, 2.05) is 33.9 Å². The molecule has 1 heterocycles. The minimum atomic E-state index is -1.13. The summed E-state index contributed by atoms with van der Waals surface area (Å²) >= 11 is 0. The van der Waals surface area contributed by atoms with Crippen LogP contribution in [0, 0.1) is 6.92 Å². The molecule has 1 aromatic carbocycles. The molecule has 23 heavy (non-hydrogen) atoms. The molecule has 0 aromatic heterocycles. The highest BCUT2D eigenvalue weighted by Crippen LogP contribution is 2.59. The molecule has 1 aromatic rings. The van der Waals surface area contributed by atoms with Crippen molar-refractivity contribution in [3.63, 3.8) is 0 Å². The number of phenolic OH excluding ortho intramolecular Hbond substituents is 1. The molecule has 0 spiro atoms. The molecule has 5 heteroatoms. The highest BCUT2D eigenvalue weighted by Gasteiger charge is 2.67. The van der Waals surface area contributed by atoms with Crippen LogP contribution in [0.1, 0.15) is 44.2 Å². The van der Waals surface area contributed by atoms with Crippen LogP contribution in [0.3, 0.4) is 0 Å². The van der Waals surface area contributed by atoms with Crippen LogP contribution >= 0.6 is 0 Å². The minimum absolute atomic E-state index is 0.00479. The van der Waals surface area contributed by atoms with E-state index in [1.165, 1.54) is 0 Å². The van der Waals surface area contributed by atoms with Crippen molar-refractivity contribution < 1.29 is 19.7 Å². The highest BCUT2D eigenvalue weighted by molar-refractivity contribution is 5.89. The van der Waals surface area contributed by atoms with Gasteiger partial charge in [-0.3, -0.25) is 4.79 Å². The fourth-order valence-corrected chi connectivity index (χ4v) is 4.66. The summed E-state index contributed by atoms with van der Waals surface area (Å²) < 4.78 is 5.93. The first-order valence-electron chi connectivity index (χ1n) is 8.25. The van der Waals surface area contributed by atoms with Crippen LogP contribution in [0.2, 0.25) is 0 Å². The summed E-state index contributed by atoms with van der Waals surface area (Å²) in [5.41, 5.74) is -0.261. The van der Waals surface area contributed by atoms with Crippen molar-refractivity contribution in [1.82, 2.24) is 5.32 Å². The molecule has 5 nitrogen and oxygen atoms in total. The zero-order chi connectivity index (χ0) is 17.0. The second kappa shape index (κ2) is 5.21. The Morgan fingerprint density at radius 1 is 1.48 bits per heavy atom. The van der Waals surface area contributed by atoms with E-state index in [9.17, 15) is 15.0 Å². The Bertz CT molecular complexity index is 659. The van der Waals surface area contributed by atoms with Crippen molar-refractivity contribution in [3.05, 3.63) is 23.3 Å². The number of aryl methyl sites for hydroxylation is 1. The number of ketones is 1. The molecular weight excluding hydrogens is 294 g/mol. The van der Waals surface area contributed by atoms with Crippen LogP contribution in [-0.2, 0) is 10.2 Å². The van der Waals surface area contributed by atoms with Crippen molar-refractivity contribution in [1.29, 1.82) is 0 Å². The van der Waals surface area contributed by atoms with E-state index in [2.05, 4.69) is 5.32 Å². The van der Waals surface area contributed by atoms with E-state index in [0.29, 0.717) is 18.6 Å². The third-order valence-electron chi connectivity index (χ3n) is 6.00. The third-order valence-corrected chi connectivity index (χ3v) is 6.00. The SMILES string of the molecule is CCC12c3c(C)ccc(O)c3OC1C(=O)CCC2(O)C(C)NC. The second-order valence-corrected chi connectivity index (χ2v) is 6.83. The number of benzene rings is 1. The summed E-state index contributed by atoms with van der Waals surface area (Å²) in [7, 11) is 1.81. The van der Waals surface area contributed by atoms with Gasteiger partial charge < -0.3 is 20.3 Å². The summed E-state index contributed by atoms with van der Waals surface area (Å²) in [5, 5.41) is 25.0. The zero-order valence-corrected chi connectivity index (χ0v) is 14.1. The van der Waals surface area contributed by atoms with Gasteiger partial charge in [-0.05, 0) is 45.4 Å². The largest absolute Gasteiger partial charge is 0.504 e. The molecule has 3 rings (SSSR count).